The van der Waals surface area contributed by atoms with Crippen LogP contribution in [0.25, 0.3) is 10.1 Å². The quantitative estimate of drug-likeness (QED) is 0.250. The second-order valence-electron chi connectivity index (χ2n) is 6.80. The molecule has 0 saturated heterocycles. The number of esters is 1. The number of fused-ring (bicyclic) bond motifs is 1. The van der Waals surface area contributed by atoms with E-state index in [2.05, 4.69) is 16.4 Å². The minimum atomic E-state index is -0.399. The molecule has 0 radical (unpaired) electrons. The Kier molecular flexibility index (Phi) is 6.70. The number of thiophene rings is 1. The predicted molar refractivity (Wildman–Crippen MR) is 125 cm³/mol. The summed E-state index contributed by atoms with van der Waals surface area (Å²) in [5.41, 5.74) is 3.49. The topological polar surface area (TPSA) is 60.5 Å². The lowest BCUT2D eigenvalue weighted by molar-refractivity contribution is 0.0528. The van der Waals surface area contributed by atoms with Gasteiger partial charge in [0.1, 0.15) is 17.5 Å². The van der Waals surface area contributed by atoms with Crippen molar-refractivity contribution in [1.82, 2.24) is 4.98 Å². The SMILES string of the molecule is CCOC(=O)c1cnc(Cl)c2c(COc3cccc(CNc4ccccc4)c3)csc12. The van der Waals surface area contributed by atoms with Crippen molar-refractivity contribution in [2.24, 2.45) is 0 Å². The molecular formula is C24H21ClN2O3S. The number of hydrogen-bond acceptors (Lipinski definition) is 6. The second-order valence-corrected chi connectivity index (χ2v) is 8.04. The van der Waals surface area contributed by atoms with Crippen LogP contribution in [-0.4, -0.2) is 17.6 Å². The maximum Gasteiger partial charge on any atom is 0.341 e. The first-order chi connectivity index (χ1) is 15.2. The summed E-state index contributed by atoms with van der Waals surface area (Å²) >= 11 is 7.78. The fourth-order valence-corrected chi connectivity index (χ4v) is 4.56. The molecule has 4 rings (SSSR count). The normalized spacial score (nSPS) is 10.8. The Hall–Kier alpha value is -3.09. The van der Waals surface area contributed by atoms with Crippen molar-refractivity contribution in [3.8, 4) is 5.75 Å². The van der Waals surface area contributed by atoms with Crippen molar-refractivity contribution in [2.75, 3.05) is 11.9 Å². The van der Waals surface area contributed by atoms with Crippen molar-refractivity contribution in [3.05, 3.63) is 88.0 Å². The van der Waals surface area contributed by atoms with Crippen molar-refractivity contribution in [3.63, 3.8) is 0 Å². The molecule has 0 unspecified atom stereocenters. The highest BCUT2D eigenvalue weighted by Crippen LogP contribution is 2.34. The van der Waals surface area contributed by atoms with Crippen molar-refractivity contribution < 1.29 is 14.3 Å². The summed E-state index contributed by atoms with van der Waals surface area (Å²) in [4.78, 5) is 16.4. The number of para-hydroxylation sites is 1. The molecule has 2 aromatic carbocycles. The Balaban J connectivity index is 1.48. The molecule has 0 aliphatic rings. The van der Waals surface area contributed by atoms with E-state index in [-0.39, 0.29) is 0 Å². The number of carbonyl (C=O) groups is 1. The molecule has 31 heavy (non-hydrogen) atoms. The largest absolute Gasteiger partial charge is 0.489 e. The van der Waals surface area contributed by atoms with Crippen LogP contribution in [0.15, 0.2) is 66.2 Å². The van der Waals surface area contributed by atoms with Crippen molar-refractivity contribution >= 4 is 44.7 Å². The van der Waals surface area contributed by atoms with Gasteiger partial charge in [0.05, 0.1) is 16.9 Å². The number of nitrogens with one attached hydrogen (secondary N) is 1. The van der Waals surface area contributed by atoms with E-state index in [0.29, 0.717) is 30.5 Å². The lowest BCUT2D eigenvalue weighted by Gasteiger charge is -2.10. The monoisotopic (exact) mass is 452 g/mol. The predicted octanol–water partition coefficient (Wildman–Crippen LogP) is 6.32. The van der Waals surface area contributed by atoms with E-state index >= 15 is 0 Å². The molecule has 0 spiro atoms. The highest BCUT2D eigenvalue weighted by Gasteiger charge is 2.18. The number of benzene rings is 2. The van der Waals surface area contributed by atoms with Gasteiger partial charge in [-0.2, -0.15) is 0 Å². The average Bonchev–Trinajstić information content (AvgIpc) is 3.23. The van der Waals surface area contributed by atoms with E-state index in [1.54, 1.807) is 6.92 Å². The lowest BCUT2D eigenvalue weighted by atomic mass is 10.1. The molecule has 158 valence electrons. The van der Waals surface area contributed by atoms with E-state index in [9.17, 15) is 4.79 Å². The van der Waals surface area contributed by atoms with Gasteiger partial charge in [-0.1, -0.05) is 41.9 Å². The van der Waals surface area contributed by atoms with Gasteiger partial charge in [-0.15, -0.1) is 11.3 Å². The Morgan fingerprint density at radius 1 is 1.16 bits per heavy atom. The van der Waals surface area contributed by atoms with Crippen LogP contribution >= 0.6 is 22.9 Å². The highest BCUT2D eigenvalue weighted by molar-refractivity contribution is 7.17. The molecule has 0 aliphatic heterocycles. The van der Waals surface area contributed by atoms with Gasteiger partial charge < -0.3 is 14.8 Å². The molecule has 0 fully saturated rings. The maximum atomic E-state index is 12.2. The number of aromatic nitrogens is 1. The van der Waals surface area contributed by atoms with Gasteiger partial charge in [-0.05, 0) is 42.1 Å². The Morgan fingerprint density at radius 3 is 2.81 bits per heavy atom. The third-order valence-corrected chi connectivity index (χ3v) is 6.03. The summed E-state index contributed by atoms with van der Waals surface area (Å²) in [6, 6.07) is 18.0. The van der Waals surface area contributed by atoms with Crippen LogP contribution in [0.2, 0.25) is 5.15 Å². The molecule has 0 saturated carbocycles. The molecule has 0 amide bonds. The van der Waals surface area contributed by atoms with Crippen molar-refractivity contribution in [2.45, 2.75) is 20.1 Å². The van der Waals surface area contributed by atoms with E-state index in [1.165, 1.54) is 17.5 Å². The minimum absolute atomic E-state index is 0.305. The van der Waals surface area contributed by atoms with Gasteiger partial charge in [0.25, 0.3) is 0 Å². The van der Waals surface area contributed by atoms with E-state index in [4.69, 9.17) is 21.1 Å². The fraction of sp³-hybridized carbons (Fsp3) is 0.167. The van der Waals surface area contributed by atoms with Gasteiger partial charge in [0.15, 0.2) is 0 Å². The summed E-state index contributed by atoms with van der Waals surface area (Å²) in [6.45, 7) is 3.10. The molecule has 0 aliphatic carbocycles. The first kappa shape index (κ1) is 21.2. The smallest absolute Gasteiger partial charge is 0.341 e. The molecule has 7 heteroatoms. The molecule has 2 aromatic heterocycles. The third kappa shape index (κ3) is 4.98. The van der Waals surface area contributed by atoms with Crippen LogP contribution in [0, 0.1) is 0 Å². The molecule has 5 nitrogen and oxygen atoms in total. The number of hydrogen-bond donors (Lipinski definition) is 1. The number of ether oxygens (including phenoxy) is 2. The Labute approximate surface area is 189 Å². The van der Waals surface area contributed by atoms with Gasteiger partial charge in [0.2, 0.25) is 0 Å². The zero-order valence-electron chi connectivity index (χ0n) is 16.9. The summed E-state index contributed by atoms with van der Waals surface area (Å²) in [6.07, 6.45) is 1.47. The van der Waals surface area contributed by atoms with E-state index in [0.717, 1.165) is 32.6 Å². The molecular weight excluding hydrogens is 432 g/mol. The number of carbonyl (C=O) groups excluding carboxylic acids is 1. The second kappa shape index (κ2) is 9.81. The minimum Gasteiger partial charge on any atom is -0.489 e. The van der Waals surface area contributed by atoms with Crippen LogP contribution in [0.1, 0.15) is 28.4 Å². The molecule has 0 bridgehead atoms. The number of nitrogens with zero attached hydrogens (tertiary/aromatic N) is 1. The lowest BCUT2D eigenvalue weighted by Crippen LogP contribution is -2.05. The van der Waals surface area contributed by atoms with Gasteiger partial charge >= 0.3 is 5.97 Å². The zero-order chi connectivity index (χ0) is 21.6. The first-order valence-electron chi connectivity index (χ1n) is 9.88. The standard InChI is InChI=1S/C24H21ClN2O3S/c1-2-29-24(28)20-13-27-23(25)21-17(15-31-22(20)21)14-30-19-10-6-7-16(11-19)12-26-18-8-4-3-5-9-18/h3-11,13,15,26H,2,12,14H2,1H3. The molecule has 1 N–H and O–H groups in total. The average molecular weight is 453 g/mol. The van der Waals surface area contributed by atoms with Crippen molar-refractivity contribution in [1.29, 1.82) is 0 Å². The van der Waals surface area contributed by atoms with Gasteiger partial charge in [-0.25, -0.2) is 9.78 Å². The van der Waals surface area contributed by atoms with Crippen LogP contribution < -0.4 is 10.1 Å². The third-order valence-electron chi connectivity index (χ3n) is 4.68. The van der Waals surface area contributed by atoms with E-state index < -0.39 is 5.97 Å². The summed E-state index contributed by atoms with van der Waals surface area (Å²) in [5, 5.41) is 6.43. The summed E-state index contributed by atoms with van der Waals surface area (Å²) in [5.74, 6) is 0.363. The summed E-state index contributed by atoms with van der Waals surface area (Å²) in [7, 11) is 0. The van der Waals surface area contributed by atoms with Crippen LogP contribution in [-0.2, 0) is 17.9 Å². The Bertz CT molecular complexity index is 1190. The van der Waals surface area contributed by atoms with Crippen LogP contribution in [0.4, 0.5) is 5.69 Å². The number of rotatable bonds is 8. The first-order valence-corrected chi connectivity index (χ1v) is 11.1. The number of anilines is 1. The highest BCUT2D eigenvalue weighted by atomic mass is 35.5. The molecule has 0 atom stereocenters. The van der Waals surface area contributed by atoms with Gasteiger partial charge in [0, 0.05) is 29.4 Å². The number of halogens is 1. The molecule has 2 heterocycles. The van der Waals surface area contributed by atoms with E-state index in [1.807, 2.05) is 53.9 Å². The summed E-state index contributed by atoms with van der Waals surface area (Å²) < 4.78 is 11.9. The van der Waals surface area contributed by atoms with Gasteiger partial charge in [-0.3, -0.25) is 0 Å². The molecule has 4 aromatic rings. The maximum absolute atomic E-state index is 12.2. The fourth-order valence-electron chi connectivity index (χ4n) is 3.19. The number of pyridine rings is 1. The van der Waals surface area contributed by atoms with Crippen LogP contribution in [0.5, 0.6) is 5.75 Å². The van der Waals surface area contributed by atoms with Crippen LogP contribution in [0.3, 0.4) is 0 Å². The zero-order valence-corrected chi connectivity index (χ0v) is 18.5. The Morgan fingerprint density at radius 2 is 2.00 bits per heavy atom.